The van der Waals surface area contributed by atoms with E-state index in [9.17, 15) is 22.8 Å². The van der Waals surface area contributed by atoms with Crippen LogP contribution in [0.15, 0.2) is 76.7 Å². The number of fused-ring (bicyclic) bond motifs is 2. The molecule has 2 heterocycles. The van der Waals surface area contributed by atoms with E-state index in [0.29, 0.717) is 33.9 Å². The largest absolute Gasteiger partial charge is 0.416 e. The number of halogens is 3. The number of aromatic nitrogens is 4. The molecule has 0 aliphatic heterocycles. The number of hydrogen-bond acceptors (Lipinski definition) is 4. The molecular formula is C24H18F3N5O2S. The Labute approximate surface area is 200 Å². The molecule has 35 heavy (non-hydrogen) atoms. The Hall–Kier alpha value is -3.99. The number of anilines is 1. The van der Waals surface area contributed by atoms with Crippen LogP contribution in [0.5, 0.6) is 0 Å². The van der Waals surface area contributed by atoms with Crippen molar-refractivity contribution in [3.63, 3.8) is 0 Å². The van der Waals surface area contributed by atoms with Crippen molar-refractivity contribution in [2.75, 3.05) is 11.1 Å². The number of nitrogens with zero attached hydrogens (tertiary/aromatic N) is 2. The zero-order valence-electron chi connectivity index (χ0n) is 18.0. The van der Waals surface area contributed by atoms with Gasteiger partial charge in [-0.25, -0.2) is 9.78 Å². The van der Waals surface area contributed by atoms with Crippen LogP contribution in [0.2, 0.25) is 0 Å². The van der Waals surface area contributed by atoms with Gasteiger partial charge in [0, 0.05) is 5.69 Å². The molecule has 178 valence electrons. The number of amides is 1. The lowest BCUT2D eigenvalue weighted by atomic mass is 10.2. The van der Waals surface area contributed by atoms with Gasteiger partial charge in [-0.1, -0.05) is 42.1 Å². The minimum atomic E-state index is -4.48. The van der Waals surface area contributed by atoms with E-state index in [0.717, 1.165) is 29.5 Å². The smallest absolute Gasteiger partial charge is 0.325 e. The number of nitrogens with one attached hydrogen (secondary N) is 3. The van der Waals surface area contributed by atoms with Crippen molar-refractivity contribution in [1.82, 2.24) is 19.5 Å². The Balaban J connectivity index is 1.39. The summed E-state index contributed by atoms with van der Waals surface area (Å²) in [6.07, 6.45) is -4.48. The Morgan fingerprint density at radius 2 is 1.77 bits per heavy atom. The van der Waals surface area contributed by atoms with Crippen LogP contribution in [0.25, 0.3) is 22.1 Å². The number of carbonyl (C=O) groups excluding carboxylic acids is 1. The molecule has 11 heteroatoms. The van der Waals surface area contributed by atoms with Crippen molar-refractivity contribution < 1.29 is 18.0 Å². The Bertz CT molecular complexity index is 1590. The number of alkyl halides is 3. The highest BCUT2D eigenvalue weighted by Crippen LogP contribution is 2.33. The number of H-pyrrole nitrogens is 2. The standard InChI is InChI=1S/C24H18F3N5O2S/c25-24(26,27)15-6-9-20-19(10-15)31-23(32(20)12-14-4-2-1-3-5-14)35-13-21(33)28-16-7-8-17-18(11-16)30-22(34)29-17/h1-11H,12-13H2,(H,28,33)(H2,29,30,34). The summed E-state index contributed by atoms with van der Waals surface area (Å²) in [7, 11) is 0. The fraction of sp³-hybridized carbons (Fsp3) is 0.125. The maximum absolute atomic E-state index is 13.2. The number of thioether (sulfide) groups is 1. The molecule has 0 saturated heterocycles. The van der Waals surface area contributed by atoms with Gasteiger partial charge in [0.1, 0.15) is 0 Å². The van der Waals surface area contributed by atoms with E-state index in [1.54, 1.807) is 22.8 Å². The minimum absolute atomic E-state index is 0.00800. The van der Waals surface area contributed by atoms with Gasteiger partial charge >= 0.3 is 11.9 Å². The average molecular weight is 498 g/mol. The lowest BCUT2D eigenvalue weighted by Gasteiger charge is -2.10. The molecule has 0 atom stereocenters. The summed E-state index contributed by atoms with van der Waals surface area (Å²) < 4.78 is 41.5. The molecule has 1 amide bonds. The normalized spacial score (nSPS) is 11.9. The first-order valence-corrected chi connectivity index (χ1v) is 11.5. The van der Waals surface area contributed by atoms with E-state index in [1.165, 1.54) is 6.07 Å². The monoisotopic (exact) mass is 497 g/mol. The van der Waals surface area contributed by atoms with E-state index in [-0.39, 0.29) is 22.9 Å². The molecule has 3 aromatic carbocycles. The molecule has 2 aromatic heterocycles. The molecule has 5 rings (SSSR count). The molecule has 0 unspecified atom stereocenters. The Kier molecular flexibility index (Phi) is 5.85. The summed E-state index contributed by atoms with van der Waals surface area (Å²) in [6, 6.07) is 17.9. The Morgan fingerprint density at radius 3 is 2.54 bits per heavy atom. The predicted molar refractivity (Wildman–Crippen MR) is 129 cm³/mol. The minimum Gasteiger partial charge on any atom is -0.325 e. The molecule has 0 spiro atoms. The quantitative estimate of drug-likeness (QED) is 0.288. The molecule has 0 aliphatic rings. The second-order valence-corrected chi connectivity index (χ2v) is 8.79. The van der Waals surface area contributed by atoms with Gasteiger partial charge < -0.3 is 19.9 Å². The number of hydrogen-bond donors (Lipinski definition) is 3. The summed E-state index contributed by atoms with van der Waals surface area (Å²) in [6.45, 7) is 0.393. The van der Waals surface area contributed by atoms with Crippen molar-refractivity contribution in [3.8, 4) is 0 Å². The van der Waals surface area contributed by atoms with Gasteiger partial charge in [0.15, 0.2) is 5.16 Å². The van der Waals surface area contributed by atoms with Gasteiger partial charge in [-0.2, -0.15) is 13.2 Å². The molecule has 7 nitrogen and oxygen atoms in total. The predicted octanol–water partition coefficient (Wildman–Crippen LogP) is 5.00. The third kappa shape index (κ3) is 4.94. The molecule has 0 fully saturated rings. The Morgan fingerprint density at radius 1 is 1.00 bits per heavy atom. The molecule has 3 N–H and O–H groups in total. The van der Waals surface area contributed by atoms with E-state index in [1.807, 2.05) is 30.3 Å². The highest BCUT2D eigenvalue weighted by molar-refractivity contribution is 7.99. The van der Waals surface area contributed by atoms with Gasteiger partial charge in [0.25, 0.3) is 0 Å². The van der Waals surface area contributed by atoms with Crippen molar-refractivity contribution in [1.29, 1.82) is 0 Å². The van der Waals surface area contributed by atoms with E-state index in [4.69, 9.17) is 0 Å². The highest BCUT2D eigenvalue weighted by Gasteiger charge is 2.31. The lowest BCUT2D eigenvalue weighted by molar-refractivity contribution is -0.137. The van der Waals surface area contributed by atoms with E-state index < -0.39 is 11.7 Å². The number of aromatic amines is 2. The number of rotatable bonds is 6. The number of imidazole rings is 2. The maximum Gasteiger partial charge on any atom is 0.416 e. The third-order valence-electron chi connectivity index (χ3n) is 5.36. The molecule has 0 aliphatic carbocycles. The van der Waals surface area contributed by atoms with Crippen molar-refractivity contribution in [2.24, 2.45) is 0 Å². The summed E-state index contributed by atoms with van der Waals surface area (Å²) in [5.74, 6) is -0.326. The van der Waals surface area contributed by atoms with Crippen LogP contribution in [0.4, 0.5) is 18.9 Å². The second-order valence-electron chi connectivity index (χ2n) is 7.84. The van der Waals surface area contributed by atoms with E-state index in [2.05, 4.69) is 20.3 Å². The number of carbonyl (C=O) groups is 1. The lowest BCUT2D eigenvalue weighted by Crippen LogP contribution is -2.14. The van der Waals surface area contributed by atoms with Gasteiger partial charge in [-0.3, -0.25) is 4.79 Å². The van der Waals surface area contributed by atoms with Crippen molar-refractivity contribution in [2.45, 2.75) is 17.9 Å². The van der Waals surface area contributed by atoms with Crippen molar-refractivity contribution in [3.05, 3.63) is 88.3 Å². The summed E-state index contributed by atoms with van der Waals surface area (Å²) in [5, 5.41) is 3.20. The van der Waals surface area contributed by atoms with Crippen LogP contribution in [0.3, 0.4) is 0 Å². The van der Waals surface area contributed by atoms with Crippen LogP contribution in [-0.2, 0) is 17.5 Å². The first-order chi connectivity index (χ1) is 16.8. The van der Waals surface area contributed by atoms with Crippen LogP contribution in [0.1, 0.15) is 11.1 Å². The summed E-state index contributed by atoms with van der Waals surface area (Å²) >= 11 is 1.14. The first kappa shape index (κ1) is 22.8. The fourth-order valence-electron chi connectivity index (χ4n) is 3.75. The van der Waals surface area contributed by atoms with Crippen LogP contribution in [0, 0.1) is 0 Å². The summed E-state index contributed by atoms with van der Waals surface area (Å²) in [5.41, 5.74) is 2.28. The first-order valence-electron chi connectivity index (χ1n) is 10.5. The zero-order chi connectivity index (χ0) is 24.6. The fourth-order valence-corrected chi connectivity index (χ4v) is 4.56. The van der Waals surface area contributed by atoms with Crippen LogP contribution in [-0.4, -0.2) is 31.2 Å². The molecule has 0 bridgehead atoms. The van der Waals surface area contributed by atoms with Crippen LogP contribution >= 0.6 is 11.8 Å². The van der Waals surface area contributed by atoms with Gasteiger partial charge in [0.05, 0.1) is 39.9 Å². The SMILES string of the molecule is O=C(CSc1nc2cc(C(F)(F)F)ccc2n1Cc1ccccc1)Nc1ccc2[nH]c(=O)[nH]c2c1. The van der Waals surface area contributed by atoms with E-state index >= 15 is 0 Å². The molecule has 0 radical (unpaired) electrons. The van der Waals surface area contributed by atoms with Gasteiger partial charge in [-0.05, 0) is 42.0 Å². The molecule has 5 aromatic rings. The molecule has 0 saturated carbocycles. The second kappa shape index (κ2) is 8.99. The van der Waals surface area contributed by atoms with Gasteiger partial charge in [0.2, 0.25) is 5.91 Å². The van der Waals surface area contributed by atoms with Crippen LogP contribution < -0.4 is 11.0 Å². The topological polar surface area (TPSA) is 95.6 Å². The number of benzene rings is 3. The molecular weight excluding hydrogens is 479 g/mol. The summed E-state index contributed by atoms with van der Waals surface area (Å²) in [4.78, 5) is 33.7. The average Bonchev–Trinajstić information content (AvgIpc) is 3.36. The van der Waals surface area contributed by atoms with Crippen molar-refractivity contribution >= 4 is 45.4 Å². The maximum atomic E-state index is 13.2. The highest BCUT2D eigenvalue weighted by atomic mass is 32.2. The zero-order valence-corrected chi connectivity index (χ0v) is 18.8. The van der Waals surface area contributed by atoms with Gasteiger partial charge in [-0.15, -0.1) is 0 Å². The third-order valence-corrected chi connectivity index (χ3v) is 6.33.